The summed E-state index contributed by atoms with van der Waals surface area (Å²) in [6.45, 7) is 6.11. The van der Waals surface area contributed by atoms with Gasteiger partial charge in [0.25, 0.3) is 5.91 Å². The number of thiazole rings is 1. The van der Waals surface area contributed by atoms with Gasteiger partial charge in [0.1, 0.15) is 5.69 Å². The minimum absolute atomic E-state index is 0.0422. The number of aliphatic hydroxyl groups excluding tert-OH is 1. The Kier molecular flexibility index (Phi) is 5.30. The Hall–Kier alpha value is -1.73. The van der Waals surface area contributed by atoms with Crippen LogP contribution in [0.3, 0.4) is 0 Å². The molecule has 2 saturated heterocycles. The zero-order chi connectivity index (χ0) is 17.1. The lowest BCUT2D eigenvalue weighted by atomic mass is 9.98. The molecule has 3 rings (SSSR count). The predicted octanol–water partition coefficient (Wildman–Crippen LogP) is 1.63. The largest absolute Gasteiger partial charge is 0.393 e. The monoisotopic (exact) mass is 349 g/mol. The molecule has 1 atom stereocenters. The number of carbonyl (C=O) groups excluding carboxylic acids is 2. The standard InChI is InChI=1S/C17H23N3O3S/c1-2-15(22)20-7-3-4-12(10-20)16-18-14(11-24-16)17(23)19-8-5-13(21)6-9-19/h2,11-13,21H,1,3-10H2. The maximum atomic E-state index is 12.5. The van der Waals surface area contributed by atoms with Crippen molar-refractivity contribution < 1.29 is 14.7 Å². The number of nitrogens with zero attached hydrogens (tertiary/aromatic N) is 3. The molecule has 1 aromatic rings. The summed E-state index contributed by atoms with van der Waals surface area (Å²) in [5.41, 5.74) is 0.485. The van der Waals surface area contributed by atoms with E-state index in [1.807, 2.05) is 5.38 Å². The highest BCUT2D eigenvalue weighted by Crippen LogP contribution is 2.30. The van der Waals surface area contributed by atoms with E-state index in [0.29, 0.717) is 38.2 Å². The van der Waals surface area contributed by atoms with E-state index in [9.17, 15) is 14.7 Å². The number of piperidine rings is 2. The number of carbonyl (C=O) groups is 2. The van der Waals surface area contributed by atoms with Gasteiger partial charge in [0.15, 0.2) is 0 Å². The van der Waals surface area contributed by atoms with Crippen LogP contribution in [0.2, 0.25) is 0 Å². The van der Waals surface area contributed by atoms with Gasteiger partial charge in [-0.15, -0.1) is 11.3 Å². The van der Waals surface area contributed by atoms with E-state index in [-0.39, 0.29) is 23.8 Å². The van der Waals surface area contributed by atoms with Crippen molar-refractivity contribution in [3.05, 3.63) is 28.7 Å². The molecule has 6 nitrogen and oxygen atoms in total. The molecule has 0 bridgehead atoms. The van der Waals surface area contributed by atoms with Crippen LogP contribution in [-0.4, -0.2) is 64.0 Å². The van der Waals surface area contributed by atoms with Crippen LogP contribution in [-0.2, 0) is 4.79 Å². The number of likely N-dealkylation sites (tertiary alicyclic amines) is 2. The van der Waals surface area contributed by atoms with Crippen LogP contribution >= 0.6 is 11.3 Å². The Morgan fingerprint density at radius 2 is 2.00 bits per heavy atom. The molecule has 0 radical (unpaired) electrons. The second-order valence-electron chi connectivity index (χ2n) is 6.42. The van der Waals surface area contributed by atoms with Crippen LogP contribution in [0.4, 0.5) is 0 Å². The van der Waals surface area contributed by atoms with Gasteiger partial charge in [-0.05, 0) is 31.8 Å². The number of aromatic nitrogens is 1. The molecule has 1 unspecified atom stereocenters. The van der Waals surface area contributed by atoms with E-state index < -0.39 is 0 Å². The minimum atomic E-state index is -0.296. The molecule has 0 aliphatic carbocycles. The van der Waals surface area contributed by atoms with Gasteiger partial charge in [-0.3, -0.25) is 9.59 Å². The van der Waals surface area contributed by atoms with Gasteiger partial charge in [0, 0.05) is 37.5 Å². The van der Waals surface area contributed by atoms with Gasteiger partial charge in [-0.1, -0.05) is 6.58 Å². The summed E-state index contributed by atoms with van der Waals surface area (Å²) >= 11 is 1.50. The maximum Gasteiger partial charge on any atom is 0.273 e. The Morgan fingerprint density at radius 1 is 1.25 bits per heavy atom. The van der Waals surface area contributed by atoms with Crippen LogP contribution in [0.1, 0.15) is 47.1 Å². The van der Waals surface area contributed by atoms with E-state index in [1.165, 1.54) is 17.4 Å². The van der Waals surface area contributed by atoms with Crippen molar-refractivity contribution in [1.29, 1.82) is 0 Å². The van der Waals surface area contributed by atoms with Crippen LogP contribution in [0, 0.1) is 0 Å². The van der Waals surface area contributed by atoms with Crippen molar-refractivity contribution in [3.8, 4) is 0 Å². The summed E-state index contributed by atoms with van der Waals surface area (Å²) in [7, 11) is 0. The first kappa shape index (κ1) is 17.1. The molecule has 2 aliphatic rings. The van der Waals surface area contributed by atoms with E-state index in [1.54, 1.807) is 9.80 Å². The summed E-state index contributed by atoms with van der Waals surface area (Å²) in [5.74, 6) is 0.0936. The third-order valence-corrected chi connectivity index (χ3v) is 5.76. The predicted molar refractivity (Wildman–Crippen MR) is 92.0 cm³/mol. The van der Waals surface area contributed by atoms with Crippen molar-refractivity contribution in [2.45, 2.75) is 37.7 Å². The highest BCUT2D eigenvalue weighted by molar-refractivity contribution is 7.09. The summed E-state index contributed by atoms with van der Waals surface area (Å²) in [4.78, 5) is 32.4. The van der Waals surface area contributed by atoms with Crippen molar-refractivity contribution in [1.82, 2.24) is 14.8 Å². The first-order chi connectivity index (χ1) is 11.6. The van der Waals surface area contributed by atoms with Gasteiger partial charge in [-0.2, -0.15) is 0 Å². The topological polar surface area (TPSA) is 73.7 Å². The Bertz CT molecular complexity index is 622. The number of rotatable bonds is 3. The number of aliphatic hydroxyl groups is 1. The SMILES string of the molecule is C=CC(=O)N1CCCC(c2nc(C(=O)N3CCC(O)CC3)cs2)C1. The highest BCUT2D eigenvalue weighted by atomic mass is 32.1. The van der Waals surface area contributed by atoms with Crippen molar-refractivity contribution in [2.75, 3.05) is 26.2 Å². The highest BCUT2D eigenvalue weighted by Gasteiger charge is 2.28. The van der Waals surface area contributed by atoms with Gasteiger partial charge >= 0.3 is 0 Å². The van der Waals surface area contributed by atoms with E-state index in [2.05, 4.69) is 11.6 Å². The molecule has 2 fully saturated rings. The second kappa shape index (κ2) is 7.44. The third-order valence-electron chi connectivity index (χ3n) is 4.75. The number of hydrogen-bond donors (Lipinski definition) is 1. The van der Waals surface area contributed by atoms with Gasteiger partial charge in [-0.25, -0.2) is 4.98 Å². The maximum absolute atomic E-state index is 12.5. The molecule has 2 aliphatic heterocycles. The fourth-order valence-electron chi connectivity index (χ4n) is 3.31. The molecule has 2 amide bonds. The lowest BCUT2D eigenvalue weighted by Crippen LogP contribution is -2.40. The summed E-state index contributed by atoms with van der Waals surface area (Å²) in [5, 5.41) is 12.3. The average molecular weight is 349 g/mol. The van der Waals surface area contributed by atoms with Crippen LogP contribution in [0.5, 0.6) is 0 Å². The van der Waals surface area contributed by atoms with E-state index in [4.69, 9.17) is 0 Å². The molecular weight excluding hydrogens is 326 g/mol. The molecule has 0 aromatic carbocycles. The molecular formula is C17H23N3O3S. The van der Waals surface area contributed by atoms with Gasteiger partial charge < -0.3 is 14.9 Å². The fourth-order valence-corrected chi connectivity index (χ4v) is 4.23. The lowest BCUT2D eigenvalue weighted by molar-refractivity contribution is -0.127. The first-order valence-electron chi connectivity index (χ1n) is 8.42. The molecule has 0 spiro atoms. The third kappa shape index (κ3) is 3.67. The van der Waals surface area contributed by atoms with E-state index >= 15 is 0 Å². The zero-order valence-corrected chi connectivity index (χ0v) is 14.5. The smallest absolute Gasteiger partial charge is 0.273 e. The van der Waals surface area contributed by atoms with Crippen LogP contribution < -0.4 is 0 Å². The summed E-state index contributed by atoms with van der Waals surface area (Å²) < 4.78 is 0. The Morgan fingerprint density at radius 3 is 2.71 bits per heavy atom. The van der Waals surface area contributed by atoms with Gasteiger partial charge in [0.2, 0.25) is 5.91 Å². The number of amides is 2. The van der Waals surface area contributed by atoms with Crippen LogP contribution in [0.15, 0.2) is 18.0 Å². The Labute approximate surface area is 145 Å². The molecule has 3 heterocycles. The average Bonchev–Trinajstić information content (AvgIpc) is 3.11. The van der Waals surface area contributed by atoms with Crippen molar-refractivity contribution >= 4 is 23.2 Å². The second-order valence-corrected chi connectivity index (χ2v) is 7.31. The van der Waals surface area contributed by atoms with Crippen molar-refractivity contribution in [3.63, 3.8) is 0 Å². The minimum Gasteiger partial charge on any atom is -0.393 e. The van der Waals surface area contributed by atoms with Gasteiger partial charge in [0.05, 0.1) is 11.1 Å². The molecule has 0 saturated carbocycles. The molecule has 7 heteroatoms. The first-order valence-corrected chi connectivity index (χ1v) is 9.30. The Balaban J connectivity index is 1.65. The molecule has 130 valence electrons. The fraction of sp³-hybridized carbons (Fsp3) is 0.588. The number of hydrogen-bond acceptors (Lipinski definition) is 5. The molecule has 1 N–H and O–H groups in total. The summed E-state index contributed by atoms with van der Waals surface area (Å²) in [6.07, 6.45) is 4.24. The normalized spacial score (nSPS) is 22.5. The lowest BCUT2D eigenvalue weighted by Gasteiger charge is -2.31. The molecule has 1 aromatic heterocycles. The molecule has 24 heavy (non-hydrogen) atoms. The zero-order valence-electron chi connectivity index (χ0n) is 13.7. The van der Waals surface area contributed by atoms with Crippen molar-refractivity contribution in [2.24, 2.45) is 0 Å². The van der Waals surface area contributed by atoms with E-state index in [0.717, 1.165) is 24.4 Å². The summed E-state index contributed by atoms with van der Waals surface area (Å²) in [6, 6.07) is 0. The van der Waals surface area contributed by atoms with Crippen LogP contribution in [0.25, 0.3) is 0 Å². The quantitative estimate of drug-likeness (QED) is 0.842.